The second-order valence-corrected chi connectivity index (χ2v) is 4.35. The van der Waals surface area contributed by atoms with Crippen molar-refractivity contribution in [3.8, 4) is 0 Å². The quantitative estimate of drug-likeness (QED) is 0.427. The van der Waals surface area contributed by atoms with Crippen molar-refractivity contribution < 1.29 is 0 Å². The first kappa shape index (κ1) is 8.67. The molecule has 0 heterocycles. The summed E-state index contributed by atoms with van der Waals surface area (Å²) in [5.41, 5.74) is 6.32. The highest BCUT2D eigenvalue weighted by atomic mass is 127. The standard InChI is InChI=1S/C6H5BrINS/c7-3-1-4(8)6(10)5(9)2-3/h1-2,10H,9H2. The van der Waals surface area contributed by atoms with E-state index < -0.39 is 0 Å². The van der Waals surface area contributed by atoms with Crippen molar-refractivity contribution in [1.82, 2.24) is 0 Å². The molecular formula is C6H5BrINS. The predicted molar refractivity (Wildman–Crippen MR) is 58.5 cm³/mol. The van der Waals surface area contributed by atoms with E-state index in [9.17, 15) is 0 Å². The van der Waals surface area contributed by atoms with Gasteiger partial charge in [-0.2, -0.15) is 0 Å². The molecule has 1 aromatic rings. The van der Waals surface area contributed by atoms with E-state index >= 15 is 0 Å². The summed E-state index contributed by atoms with van der Waals surface area (Å²) in [4.78, 5) is 0.851. The first-order chi connectivity index (χ1) is 4.61. The minimum Gasteiger partial charge on any atom is -0.398 e. The van der Waals surface area contributed by atoms with Crippen LogP contribution >= 0.6 is 51.1 Å². The molecule has 0 bridgehead atoms. The van der Waals surface area contributed by atoms with Crippen LogP contribution in [0.4, 0.5) is 5.69 Å². The smallest absolute Gasteiger partial charge is 0.0471 e. The lowest BCUT2D eigenvalue weighted by Crippen LogP contribution is -1.88. The topological polar surface area (TPSA) is 26.0 Å². The third-order valence-electron chi connectivity index (χ3n) is 1.06. The van der Waals surface area contributed by atoms with Gasteiger partial charge in [-0.05, 0) is 34.7 Å². The molecule has 0 unspecified atom stereocenters. The Kier molecular flexibility index (Phi) is 2.88. The van der Waals surface area contributed by atoms with Crippen molar-refractivity contribution in [3.05, 3.63) is 20.2 Å². The second-order valence-electron chi connectivity index (χ2n) is 1.83. The molecule has 10 heavy (non-hydrogen) atoms. The van der Waals surface area contributed by atoms with Crippen LogP contribution in [0.3, 0.4) is 0 Å². The number of nitrogens with two attached hydrogens (primary N) is 1. The lowest BCUT2D eigenvalue weighted by atomic mass is 10.3. The summed E-state index contributed by atoms with van der Waals surface area (Å²) >= 11 is 9.72. The number of benzene rings is 1. The second kappa shape index (κ2) is 3.32. The van der Waals surface area contributed by atoms with Crippen molar-refractivity contribution in [1.29, 1.82) is 0 Å². The molecule has 2 N–H and O–H groups in total. The zero-order chi connectivity index (χ0) is 7.72. The summed E-state index contributed by atoms with van der Waals surface area (Å²) in [6, 6.07) is 3.81. The molecule has 0 radical (unpaired) electrons. The Morgan fingerprint density at radius 1 is 1.50 bits per heavy atom. The van der Waals surface area contributed by atoms with E-state index in [1.54, 1.807) is 0 Å². The minimum absolute atomic E-state index is 0.710. The average Bonchev–Trinajstić information content (AvgIpc) is 1.82. The zero-order valence-corrected chi connectivity index (χ0v) is 9.57. The van der Waals surface area contributed by atoms with Crippen LogP contribution in [0.1, 0.15) is 0 Å². The highest BCUT2D eigenvalue weighted by Crippen LogP contribution is 2.27. The number of anilines is 1. The number of nitrogen functional groups attached to an aromatic ring is 1. The van der Waals surface area contributed by atoms with Crippen LogP contribution in [0.25, 0.3) is 0 Å². The maximum absolute atomic E-state index is 5.61. The van der Waals surface area contributed by atoms with E-state index in [0.29, 0.717) is 5.69 Å². The minimum atomic E-state index is 0.710. The molecule has 0 amide bonds. The molecule has 0 atom stereocenters. The monoisotopic (exact) mass is 329 g/mol. The number of halogens is 2. The van der Waals surface area contributed by atoms with Gasteiger partial charge in [0.1, 0.15) is 0 Å². The van der Waals surface area contributed by atoms with E-state index in [1.165, 1.54) is 0 Å². The van der Waals surface area contributed by atoms with Gasteiger partial charge in [-0.1, -0.05) is 15.9 Å². The van der Waals surface area contributed by atoms with Gasteiger partial charge >= 0.3 is 0 Å². The van der Waals surface area contributed by atoms with Gasteiger partial charge in [0.05, 0.1) is 0 Å². The first-order valence-corrected chi connectivity index (χ1v) is 4.86. The van der Waals surface area contributed by atoms with E-state index in [4.69, 9.17) is 5.73 Å². The molecule has 0 spiro atoms. The third-order valence-corrected chi connectivity index (χ3v) is 3.29. The molecular weight excluding hydrogens is 325 g/mol. The summed E-state index contributed by atoms with van der Waals surface area (Å²) in [5, 5.41) is 0. The molecule has 0 fully saturated rings. The predicted octanol–water partition coefficient (Wildman–Crippen LogP) is 2.92. The largest absolute Gasteiger partial charge is 0.398 e. The van der Waals surface area contributed by atoms with Crippen molar-refractivity contribution in [3.63, 3.8) is 0 Å². The normalized spacial score (nSPS) is 9.90. The Hall–Kier alpha value is 0.580. The fourth-order valence-electron chi connectivity index (χ4n) is 0.586. The van der Waals surface area contributed by atoms with Crippen LogP contribution in [0.15, 0.2) is 21.5 Å². The van der Waals surface area contributed by atoms with Crippen LogP contribution in [0.5, 0.6) is 0 Å². The number of hydrogen-bond acceptors (Lipinski definition) is 2. The van der Waals surface area contributed by atoms with E-state index in [-0.39, 0.29) is 0 Å². The number of hydrogen-bond donors (Lipinski definition) is 2. The van der Waals surface area contributed by atoms with Crippen LogP contribution in [0.2, 0.25) is 0 Å². The molecule has 0 aliphatic heterocycles. The number of rotatable bonds is 0. The Labute approximate surface area is 87.1 Å². The molecule has 0 aliphatic carbocycles. The molecule has 54 valence electrons. The maximum Gasteiger partial charge on any atom is 0.0471 e. The highest BCUT2D eigenvalue weighted by molar-refractivity contribution is 14.1. The molecule has 0 saturated carbocycles. The average molecular weight is 330 g/mol. The summed E-state index contributed by atoms with van der Waals surface area (Å²) in [6.07, 6.45) is 0. The summed E-state index contributed by atoms with van der Waals surface area (Å²) < 4.78 is 2.06. The Morgan fingerprint density at radius 3 is 2.60 bits per heavy atom. The Balaban J connectivity index is 3.31. The fraction of sp³-hybridized carbons (Fsp3) is 0. The van der Waals surface area contributed by atoms with Crippen molar-refractivity contribution in [2.45, 2.75) is 4.90 Å². The maximum atomic E-state index is 5.61. The summed E-state index contributed by atoms with van der Waals surface area (Å²) in [6.45, 7) is 0. The molecule has 0 saturated heterocycles. The Bertz CT molecular complexity index is 241. The van der Waals surface area contributed by atoms with E-state index in [2.05, 4.69) is 51.1 Å². The SMILES string of the molecule is Nc1cc(Br)cc(I)c1S. The van der Waals surface area contributed by atoms with Crippen molar-refractivity contribution in [2.24, 2.45) is 0 Å². The van der Waals surface area contributed by atoms with E-state index in [0.717, 1.165) is 12.9 Å². The molecule has 1 aromatic carbocycles. The molecule has 1 rings (SSSR count). The number of thiol groups is 1. The van der Waals surface area contributed by atoms with Crippen LogP contribution in [-0.2, 0) is 0 Å². The van der Waals surface area contributed by atoms with E-state index in [1.807, 2.05) is 12.1 Å². The fourth-order valence-corrected chi connectivity index (χ4v) is 2.27. The van der Waals surface area contributed by atoms with Crippen LogP contribution < -0.4 is 5.73 Å². The molecule has 4 heteroatoms. The van der Waals surface area contributed by atoms with Gasteiger partial charge in [-0.15, -0.1) is 12.6 Å². The van der Waals surface area contributed by atoms with Gasteiger partial charge in [0.2, 0.25) is 0 Å². The summed E-state index contributed by atoms with van der Waals surface area (Å²) in [5.74, 6) is 0. The van der Waals surface area contributed by atoms with Crippen LogP contribution in [0, 0.1) is 3.57 Å². The molecule has 1 nitrogen and oxygen atoms in total. The first-order valence-electron chi connectivity index (χ1n) is 2.54. The molecule has 0 aromatic heterocycles. The van der Waals surface area contributed by atoms with Gasteiger partial charge in [-0.25, -0.2) is 0 Å². The zero-order valence-electron chi connectivity index (χ0n) is 4.94. The van der Waals surface area contributed by atoms with Crippen LogP contribution in [-0.4, -0.2) is 0 Å². The molecule has 0 aliphatic rings. The van der Waals surface area contributed by atoms with Crippen molar-refractivity contribution >= 4 is 56.8 Å². The van der Waals surface area contributed by atoms with Gasteiger partial charge in [0.15, 0.2) is 0 Å². The van der Waals surface area contributed by atoms with Crippen molar-refractivity contribution in [2.75, 3.05) is 5.73 Å². The Morgan fingerprint density at radius 2 is 2.10 bits per heavy atom. The lowest BCUT2D eigenvalue weighted by Gasteiger charge is -2.01. The van der Waals surface area contributed by atoms with Gasteiger partial charge in [0, 0.05) is 18.6 Å². The highest BCUT2D eigenvalue weighted by Gasteiger charge is 2.00. The van der Waals surface area contributed by atoms with Gasteiger partial charge in [-0.3, -0.25) is 0 Å². The lowest BCUT2D eigenvalue weighted by molar-refractivity contribution is 1.40. The summed E-state index contributed by atoms with van der Waals surface area (Å²) in [7, 11) is 0. The van der Waals surface area contributed by atoms with Gasteiger partial charge < -0.3 is 5.73 Å². The third kappa shape index (κ3) is 1.79. The van der Waals surface area contributed by atoms with Gasteiger partial charge in [0.25, 0.3) is 0 Å².